The molecule has 0 saturated heterocycles. The number of aliphatic hydroxyl groups is 1. The van der Waals surface area contributed by atoms with Gasteiger partial charge in [0.15, 0.2) is 0 Å². The van der Waals surface area contributed by atoms with Gasteiger partial charge in [-0.25, -0.2) is 4.79 Å². The van der Waals surface area contributed by atoms with Gasteiger partial charge in [0.25, 0.3) is 0 Å². The van der Waals surface area contributed by atoms with Crippen LogP contribution in [0.2, 0.25) is 0 Å². The Morgan fingerprint density at radius 1 is 1.06 bits per heavy atom. The van der Waals surface area contributed by atoms with Crippen LogP contribution in [0.3, 0.4) is 0 Å². The molecular formula is C25H38N2O5. The van der Waals surface area contributed by atoms with Crippen molar-refractivity contribution in [2.45, 2.75) is 64.1 Å². The number of methoxy groups -OCH3 is 2. The molecule has 0 fully saturated rings. The van der Waals surface area contributed by atoms with Crippen molar-refractivity contribution in [2.24, 2.45) is 11.8 Å². The van der Waals surface area contributed by atoms with E-state index < -0.39 is 11.7 Å². The molecule has 0 radical (unpaired) electrons. The van der Waals surface area contributed by atoms with E-state index >= 15 is 0 Å². The van der Waals surface area contributed by atoms with Gasteiger partial charge in [-0.15, -0.1) is 0 Å². The van der Waals surface area contributed by atoms with Gasteiger partial charge >= 0.3 is 6.09 Å². The monoisotopic (exact) mass is 446 g/mol. The van der Waals surface area contributed by atoms with E-state index in [2.05, 4.69) is 34.9 Å². The lowest BCUT2D eigenvalue weighted by atomic mass is 9.78. The molecule has 7 heteroatoms. The van der Waals surface area contributed by atoms with E-state index in [1.165, 1.54) is 11.1 Å². The first kappa shape index (κ1) is 24.4. The van der Waals surface area contributed by atoms with Crippen molar-refractivity contribution in [2.75, 3.05) is 27.4 Å². The zero-order valence-corrected chi connectivity index (χ0v) is 19.9. The van der Waals surface area contributed by atoms with Crippen LogP contribution >= 0.6 is 0 Å². The molecule has 3 N–H and O–H groups in total. The molecule has 1 heterocycles. The van der Waals surface area contributed by atoms with E-state index in [4.69, 9.17) is 14.2 Å². The molecule has 3 aliphatic rings. The number of nitrogens with one attached hydrogen (secondary N) is 2. The minimum Gasteiger partial charge on any atom is -0.501 e. The summed E-state index contributed by atoms with van der Waals surface area (Å²) in [7, 11) is 3.42. The number of carbonyl (C=O) groups excluding carboxylic acids is 1. The van der Waals surface area contributed by atoms with Crippen molar-refractivity contribution in [3.05, 3.63) is 47.0 Å². The number of allylic oxidation sites excluding steroid dienone is 4. The van der Waals surface area contributed by atoms with Crippen LogP contribution < -0.4 is 10.6 Å². The molecule has 0 aromatic carbocycles. The highest BCUT2D eigenvalue weighted by atomic mass is 16.6. The largest absolute Gasteiger partial charge is 0.501 e. The molecule has 0 spiro atoms. The van der Waals surface area contributed by atoms with Gasteiger partial charge in [0.2, 0.25) is 0 Å². The van der Waals surface area contributed by atoms with Crippen LogP contribution in [0.25, 0.3) is 0 Å². The van der Waals surface area contributed by atoms with E-state index in [-0.39, 0.29) is 30.5 Å². The topological polar surface area (TPSA) is 89.1 Å². The number of rotatable bonds is 4. The number of amides is 1. The number of aliphatic hydroxyl groups excluding tert-OH is 1. The number of hydrogen-bond acceptors (Lipinski definition) is 6. The minimum atomic E-state index is -0.561. The zero-order chi connectivity index (χ0) is 23.3. The Bertz CT molecular complexity index is 806. The molecule has 7 nitrogen and oxygen atoms in total. The van der Waals surface area contributed by atoms with Gasteiger partial charge < -0.3 is 30.0 Å². The molecule has 1 aliphatic heterocycles. The predicted molar refractivity (Wildman–Crippen MR) is 124 cm³/mol. The highest BCUT2D eigenvalue weighted by Gasteiger charge is 2.33. The van der Waals surface area contributed by atoms with Crippen molar-refractivity contribution in [3.8, 4) is 0 Å². The molecule has 3 rings (SSSR count). The molecule has 32 heavy (non-hydrogen) atoms. The first-order valence-corrected chi connectivity index (χ1v) is 11.4. The third-order valence-electron chi connectivity index (χ3n) is 6.09. The Hall–Kier alpha value is -2.25. The van der Waals surface area contributed by atoms with E-state index in [1.807, 2.05) is 20.8 Å². The van der Waals surface area contributed by atoms with Crippen molar-refractivity contribution in [1.82, 2.24) is 10.6 Å². The molecule has 0 unspecified atom stereocenters. The second-order valence-corrected chi connectivity index (χ2v) is 9.77. The second kappa shape index (κ2) is 10.6. The molecule has 178 valence electrons. The SMILES string of the molecule is COC1=CCC2=C[C@@H]1[C@H]1C=C(CC=C1OC)C[C@H](NC(=O)OC(C)(C)C)CN[C@H](CO)C2. The first-order valence-electron chi connectivity index (χ1n) is 11.4. The summed E-state index contributed by atoms with van der Waals surface area (Å²) in [5.41, 5.74) is 1.93. The number of alkyl carbamates (subject to hydrolysis) is 1. The van der Waals surface area contributed by atoms with Gasteiger partial charge in [0, 0.05) is 30.5 Å². The van der Waals surface area contributed by atoms with Gasteiger partial charge in [-0.1, -0.05) is 23.3 Å². The van der Waals surface area contributed by atoms with Crippen molar-refractivity contribution >= 4 is 6.09 Å². The number of hydrogen-bond donors (Lipinski definition) is 3. The molecule has 4 atom stereocenters. The normalized spacial score (nSPS) is 28.6. The minimum absolute atomic E-state index is 0.0252. The van der Waals surface area contributed by atoms with Crippen molar-refractivity contribution in [1.29, 1.82) is 0 Å². The summed E-state index contributed by atoms with van der Waals surface area (Å²) in [5, 5.41) is 16.4. The summed E-state index contributed by atoms with van der Waals surface area (Å²) in [6.45, 7) is 6.13. The average Bonchev–Trinajstić information content (AvgIpc) is 2.74. The van der Waals surface area contributed by atoms with Crippen LogP contribution in [0, 0.1) is 11.8 Å². The maximum atomic E-state index is 12.5. The lowest BCUT2D eigenvalue weighted by Crippen LogP contribution is -2.47. The standard InChI is InChI=1S/C25H38N2O5/c1-25(2,3)32-24(29)27-18-10-16-6-8-22(30-4)20(12-16)21-13-17(7-9-23(21)31-5)11-19(15-28)26-14-18/h8-9,12-13,18-21,26,28H,6-7,10-11,14-15H2,1-5H3,(H,27,29)/t18-,19-,20+,21+/m0/s1. The second-order valence-electron chi connectivity index (χ2n) is 9.77. The molecule has 4 bridgehead atoms. The molecule has 0 aromatic rings. The van der Waals surface area contributed by atoms with Crippen LogP contribution in [-0.2, 0) is 14.2 Å². The number of carbonyl (C=O) groups is 1. The summed E-state index contributed by atoms with van der Waals surface area (Å²) in [4.78, 5) is 12.5. The average molecular weight is 447 g/mol. The highest BCUT2D eigenvalue weighted by molar-refractivity contribution is 5.68. The Balaban J connectivity index is 1.90. The molecule has 0 saturated carbocycles. The van der Waals surface area contributed by atoms with Gasteiger partial charge in [0.05, 0.1) is 32.3 Å². The Morgan fingerprint density at radius 3 is 2.12 bits per heavy atom. The van der Waals surface area contributed by atoms with Crippen LogP contribution in [0.1, 0.15) is 46.5 Å². The Kier molecular flexibility index (Phi) is 8.06. The lowest BCUT2D eigenvalue weighted by Gasteiger charge is -2.34. The Labute approximate surface area is 191 Å². The first-order chi connectivity index (χ1) is 15.2. The van der Waals surface area contributed by atoms with Crippen LogP contribution in [0.4, 0.5) is 4.79 Å². The fraction of sp³-hybridized carbons (Fsp3) is 0.640. The highest BCUT2D eigenvalue weighted by Crippen LogP contribution is 2.39. The third kappa shape index (κ3) is 6.39. The maximum Gasteiger partial charge on any atom is 0.407 e. The van der Waals surface area contributed by atoms with Crippen LogP contribution in [0.5, 0.6) is 0 Å². The fourth-order valence-corrected chi connectivity index (χ4v) is 4.64. The molecule has 0 aromatic heterocycles. The molecule has 2 aliphatic carbocycles. The summed E-state index contributed by atoms with van der Waals surface area (Å²) in [6, 6.07) is -0.248. The van der Waals surface area contributed by atoms with Gasteiger partial charge in [0.1, 0.15) is 5.60 Å². The maximum absolute atomic E-state index is 12.5. The molecule has 1 amide bonds. The predicted octanol–water partition coefficient (Wildman–Crippen LogP) is 3.58. The van der Waals surface area contributed by atoms with Gasteiger partial charge in [-0.05, 0) is 58.6 Å². The van der Waals surface area contributed by atoms with E-state index in [9.17, 15) is 9.90 Å². The summed E-state index contributed by atoms with van der Waals surface area (Å²) >= 11 is 0. The summed E-state index contributed by atoms with van der Waals surface area (Å²) < 4.78 is 16.9. The smallest absolute Gasteiger partial charge is 0.407 e. The summed E-state index contributed by atoms with van der Waals surface area (Å²) in [6.07, 6.45) is 11.4. The number of fused-ring (bicyclic) bond motifs is 3. The zero-order valence-electron chi connectivity index (χ0n) is 19.9. The quantitative estimate of drug-likeness (QED) is 0.572. The van der Waals surface area contributed by atoms with Gasteiger partial charge in [-0.3, -0.25) is 0 Å². The van der Waals surface area contributed by atoms with E-state index in [0.717, 1.165) is 30.8 Å². The fourth-order valence-electron chi connectivity index (χ4n) is 4.64. The lowest BCUT2D eigenvalue weighted by molar-refractivity contribution is 0.0502. The van der Waals surface area contributed by atoms with Crippen LogP contribution in [-0.4, -0.2) is 56.3 Å². The third-order valence-corrected chi connectivity index (χ3v) is 6.09. The molecular weight excluding hydrogens is 408 g/mol. The van der Waals surface area contributed by atoms with Crippen LogP contribution in [0.15, 0.2) is 47.0 Å². The van der Waals surface area contributed by atoms with Crippen molar-refractivity contribution in [3.63, 3.8) is 0 Å². The van der Waals surface area contributed by atoms with E-state index in [1.54, 1.807) is 14.2 Å². The summed E-state index contributed by atoms with van der Waals surface area (Å²) in [5.74, 6) is 1.95. The van der Waals surface area contributed by atoms with Crippen molar-refractivity contribution < 1.29 is 24.1 Å². The van der Waals surface area contributed by atoms with Gasteiger partial charge in [-0.2, -0.15) is 0 Å². The Morgan fingerprint density at radius 2 is 1.62 bits per heavy atom. The van der Waals surface area contributed by atoms with E-state index in [0.29, 0.717) is 13.0 Å². The number of ether oxygens (including phenoxy) is 3.